The van der Waals surface area contributed by atoms with Crippen LogP contribution in [0.25, 0.3) is 0 Å². The first-order chi connectivity index (χ1) is 10.2. The van der Waals surface area contributed by atoms with E-state index in [2.05, 4.69) is 0 Å². The standard InChI is InChI=1S/C17H22O3S/c1-3-20-17(19)16(18)13-9-10-14(15(11-13)21-2)12-7-5-4-6-8-12/h9-12H,3-8H2,1-2H3. The second-order valence-electron chi connectivity index (χ2n) is 5.34. The number of hydrogen-bond donors (Lipinski definition) is 0. The predicted octanol–water partition coefficient (Wildman–Crippen LogP) is 4.20. The van der Waals surface area contributed by atoms with Crippen LogP contribution in [0.4, 0.5) is 0 Å². The lowest BCUT2D eigenvalue weighted by molar-refractivity contribution is -0.137. The van der Waals surface area contributed by atoms with Crippen LogP contribution in [0.1, 0.15) is 60.9 Å². The van der Waals surface area contributed by atoms with Crippen molar-refractivity contribution in [2.75, 3.05) is 12.9 Å². The molecule has 0 bridgehead atoms. The Kier molecular flexibility index (Phi) is 5.85. The maximum Gasteiger partial charge on any atom is 0.379 e. The van der Waals surface area contributed by atoms with Gasteiger partial charge in [-0.15, -0.1) is 11.8 Å². The lowest BCUT2D eigenvalue weighted by atomic mass is 9.83. The predicted molar refractivity (Wildman–Crippen MR) is 85.0 cm³/mol. The fraction of sp³-hybridized carbons (Fsp3) is 0.529. The molecule has 1 aromatic rings. The molecular formula is C17H22O3S. The first-order valence-corrected chi connectivity index (χ1v) is 8.79. The van der Waals surface area contributed by atoms with Crippen molar-refractivity contribution in [1.82, 2.24) is 0 Å². The first-order valence-electron chi connectivity index (χ1n) is 7.56. The third kappa shape index (κ3) is 3.88. The summed E-state index contributed by atoms with van der Waals surface area (Å²) in [7, 11) is 0. The first kappa shape index (κ1) is 16.1. The maximum atomic E-state index is 12.0. The smallest absolute Gasteiger partial charge is 0.379 e. The summed E-state index contributed by atoms with van der Waals surface area (Å²) >= 11 is 1.64. The van der Waals surface area contributed by atoms with Gasteiger partial charge in [0.05, 0.1) is 6.61 Å². The molecule has 0 unspecified atom stereocenters. The Labute approximate surface area is 130 Å². The molecule has 114 valence electrons. The molecule has 0 aromatic heterocycles. The van der Waals surface area contributed by atoms with Crippen LogP contribution in [0.15, 0.2) is 23.1 Å². The molecule has 0 radical (unpaired) electrons. The molecule has 1 aliphatic rings. The molecule has 0 N–H and O–H groups in total. The van der Waals surface area contributed by atoms with Crippen LogP contribution in [0.5, 0.6) is 0 Å². The average molecular weight is 306 g/mol. The van der Waals surface area contributed by atoms with E-state index < -0.39 is 11.8 Å². The number of rotatable bonds is 5. The Hall–Kier alpha value is -1.29. The van der Waals surface area contributed by atoms with E-state index in [1.807, 2.05) is 18.4 Å². The zero-order valence-electron chi connectivity index (χ0n) is 12.7. The van der Waals surface area contributed by atoms with Gasteiger partial charge in [0.2, 0.25) is 0 Å². The van der Waals surface area contributed by atoms with Gasteiger partial charge in [0.1, 0.15) is 0 Å². The number of carbonyl (C=O) groups is 2. The third-order valence-electron chi connectivity index (χ3n) is 4.00. The molecule has 1 fully saturated rings. The van der Waals surface area contributed by atoms with Crippen molar-refractivity contribution < 1.29 is 14.3 Å². The summed E-state index contributed by atoms with van der Waals surface area (Å²) in [6, 6.07) is 5.63. The van der Waals surface area contributed by atoms with E-state index in [1.54, 1.807) is 24.8 Å². The molecule has 4 heteroatoms. The highest BCUT2D eigenvalue weighted by molar-refractivity contribution is 7.98. The number of esters is 1. The summed E-state index contributed by atoms with van der Waals surface area (Å²) in [5, 5.41) is 0. The van der Waals surface area contributed by atoms with E-state index in [0.29, 0.717) is 11.5 Å². The van der Waals surface area contributed by atoms with Gasteiger partial charge in [0.15, 0.2) is 0 Å². The van der Waals surface area contributed by atoms with Gasteiger partial charge in [0, 0.05) is 10.5 Å². The Balaban J connectivity index is 2.23. The molecular weight excluding hydrogens is 284 g/mol. The number of thioether (sulfide) groups is 1. The molecule has 1 saturated carbocycles. The molecule has 0 spiro atoms. The Morgan fingerprint density at radius 2 is 1.95 bits per heavy atom. The minimum absolute atomic E-state index is 0.222. The minimum atomic E-state index is -0.769. The van der Waals surface area contributed by atoms with Crippen molar-refractivity contribution in [2.45, 2.75) is 49.8 Å². The molecule has 0 amide bonds. The molecule has 1 aromatic carbocycles. The molecule has 1 aliphatic carbocycles. The van der Waals surface area contributed by atoms with Gasteiger partial charge >= 0.3 is 5.97 Å². The fourth-order valence-electron chi connectivity index (χ4n) is 2.92. The number of carbonyl (C=O) groups excluding carboxylic acids is 2. The molecule has 2 rings (SSSR count). The zero-order valence-corrected chi connectivity index (χ0v) is 13.5. The normalized spacial score (nSPS) is 15.7. The Morgan fingerprint density at radius 1 is 1.24 bits per heavy atom. The molecule has 3 nitrogen and oxygen atoms in total. The number of benzene rings is 1. The maximum absolute atomic E-state index is 12.0. The Bertz CT molecular complexity index is 519. The van der Waals surface area contributed by atoms with Gasteiger partial charge in [-0.1, -0.05) is 31.4 Å². The fourth-order valence-corrected chi connectivity index (χ4v) is 3.63. The van der Waals surface area contributed by atoms with Crippen molar-refractivity contribution in [3.63, 3.8) is 0 Å². The van der Waals surface area contributed by atoms with E-state index in [9.17, 15) is 9.59 Å². The monoisotopic (exact) mass is 306 g/mol. The van der Waals surface area contributed by atoms with Crippen LogP contribution >= 0.6 is 11.8 Å². The largest absolute Gasteiger partial charge is 0.460 e. The Morgan fingerprint density at radius 3 is 2.57 bits per heavy atom. The van der Waals surface area contributed by atoms with E-state index in [4.69, 9.17) is 4.74 Å². The molecule has 0 saturated heterocycles. The van der Waals surface area contributed by atoms with Crippen LogP contribution < -0.4 is 0 Å². The van der Waals surface area contributed by atoms with Crippen molar-refractivity contribution in [3.05, 3.63) is 29.3 Å². The van der Waals surface area contributed by atoms with Crippen molar-refractivity contribution in [2.24, 2.45) is 0 Å². The van der Waals surface area contributed by atoms with Crippen molar-refractivity contribution >= 4 is 23.5 Å². The van der Waals surface area contributed by atoms with E-state index in [-0.39, 0.29) is 6.61 Å². The highest BCUT2D eigenvalue weighted by atomic mass is 32.2. The van der Waals surface area contributed by atoms with E-state index in [1.165, 1.54) is 37.7 Å². The molecule has 0 atom stereocenters. The topological polar surface area (TPSA) is 43.4 Å². The van der Waals surface area contributed by atoms with Gasteiger partial charge in [-0.2, -0.15) is 0 Å². The molecule has 0 heterocycles. The highest BCUT2D eigenvalue weighted by Crippen LogP contribution is 2.37. The van der Waals surface area contributed by atoms with Gasteiger partial charge in [-0.25, -0.2) is 4.79 Å². The summed E-state index contributed by atoms with van der Waals surface area (Å²) in [6.45, 7) is 1.92. The van der Waals surface area contributed by atoms with Crippen molar-refractivity contribution in [1.29, 1.82) is 0 Å². The second-order valence-corrected chi connectivity index (χ2v) is 6.19. The van der Waals surface area contributed by atoms with Crippen LogP contribution in [0.2, 0.25) is 0 Å². The SMILES string of the molecule is CCOC(=O)C(=O)c1ccc(C2CCCCC2)c(SC)c1. The summed E-state index contributed by atoms with van der Waals surface area (Å²) in [5.41, 5.74) is 1.75. The van der Waals surface area contributed by atoms with Crippen LogP contribution in [-0.2, 0) is 9.53 Å². The summed E-state index contributed by atoms with van der Waals surface area (Å²) in [4.78, 5) is 24.7. The van der Waals surface area contributed by atoms with E-state index in [0.717, 1.165) is 4.90 Å². The number of ketones is 1. The molecule has 21 heavy (non-hydrogen) atoms. The summed E-state index contributed by atoms with van der Waals surface area (Å²) in [5.74, 6) is -0.731. The lowest BCUT2D eigenvalue weighted by Gasteiger charge is -2.24. The van der Waals surface area contributed by atoms with Gasteiger partial charge in [0.25, 0.3) is 5.78 Å². The number of Topliss-reactive ketones (excluding diaryl/α,β-unsaturated/α-hetero) is 1. The van der Waals surface area contributed by atoms with Gasteiger partial charge < -0.3 is 4.74 Å². The van der Waals surface area contributed by atoms with Crippen LogP contribution in [0.3, 0.4) is 0 Å². The van der Waals surface area contributed by atoms with Crippen molar-refractivity contribution in [3.8, 4) is 0 Å². The average Bonchev–Trinajstić information content (AvgIpc) is 2.54. The quantitative estimate of drug-likeness (QED) is 0.354. The number of ether oxygens (including phenoxy) is 1. The number of hydrogen-bond acceptors (Lipinski definition) is 4. The molecule has 0 aliphatic heterocycles. The zero-order chi connectivity index (χ0) is 15.2. The highest BCUT2D eigenvalue weighted by Gasteiger charge is 2.22. The minimum Gasteiger partial charge on any atom is -0.460 e. The van der Waals surface area contributed by atoms with Gasteiger partial charge in [-0.05, 0) is 43.6 Å². The third-order valence-corrected chi connectivity index (χ3v) is 4.79. The summed E-state index contributed by atoms with van der Waals surface area (Å²) in [6.07, 6.45) is 8.34. The van der Waals surface area contributed by atoms with Gasteiger partial charge in [-0.3, -0.25) is 4.79 Å². The second kappa shape index (κ2) is 7.64. The van der Waals surface area contributed by atoms with Crippen LogP contribution in [0, 0.1) is 0 Å². The lowest BCUT2D eigenvalue weighted by Crippen LogP contribution is -2.18. The summed E-state index contributed by atoms with van der Waals surface area (Å²) < 4.78 is 4.78. The van der Waals surface area contributed by atoms with Crippen LogP contribution in [-0.4, -0.2) is 24.6 Å². The van der Waals surface area contributed by atoms with E-state index >= 15 is 0 Å².